The highest BCUT2D eigenvalue weighted by Crippen LogP contribution is 2.31. The fourth-order valence-electron chi connectivity index (χ4n) is 3.97. The average Bonchev–Trinajstić information content (AvgIpc) is 2.95. The second-order valence-corrected chi connectivity index (χ2v) is 7.66. The molecule has 1 amide bonds. The Hall–Kier alpha value is -2.12. The number of fused-ring (bicyclic) bond motifs is 1. The highest BCUT2D eigenvalue weighted by molar-refractivity contribution is 6.31. The molecule has 1 fully saturated rings. The van der Waals surface area contributed by atoms with E-state index in [1.54, 1.807) is 11.1 Å². The molecule has 0 saturated carbocycles. The van der Waals surface area contributed by atoms with Gasteiger partial charge in [-0.1, -0.05) is 48.0 Å². The Kier molecular flexibility index (Phi) is 5.55. The van der Waals surface area contributed by atoms with E-state index in [4.69, 9.17) is 16.3 Å². The summed E-state index contributed by atoms with van der Waals surface area (Å²) in [5.41, 5.74) is 2.92. The molecule has 0 aromatic heterocycles. The number of amides is 1. The summed E-state index contributed by atoms with van der Waals surface area (Å²) in [4.78, 5) is 15.0. The quantitative estimate of drug-likeness (QED) is 0.823. The molecule has 2 unspecified atom stereocenters. The van der Waals surface area contributed by atoms with Gasteiger partial charge in [-0.15, -0.1) is 0 Å². The van der Waals surface area contributed by atoms with Crippen LogP contribution >= 0.6 is 11.6 Å². The van der Waals surface area contributed by atoms with Gasteiger partial charge in [0, 0.05) is 23.8 Å². The van der Waals surface area contributed by atoms with Crippen molar-refractivity contribution in [3.63, 3.8) is 0 Å². The largest absolute Gasteiger partial charge is 0.371 e. The minimum atomic E-state index is -0.234. The molecule has 0 radical (unpaired) electrons. The van der Waals surface area contributed by atoms with Crippen molar-refractivity contribution in [2.75, 3.05) is 20.7 Å². The molecule has 2 atom stereocenters. The maximum absolute atomic E-state index is 12.8. The van der Waals surface area contributed by atoms with Crippen LogP contribution in [0.4, 0.5) is 0 Å². The normalized spacial score (nSPS) is 25.4. The number of rotatable bonds is 5. The SMILES string of the molecule is CN1C(C2=CCCC=C2)N(C)N2C(=O)C=C(COCc3ccccc3Cl)NC12. The third-order valence-corrected chi connectivity index (χ3v) is 5.70. The third-order valence-electron chi connectivity index (χ3n) is 5.33. The van der Waals surface area contributed by atoms with Crippen LogP contribution < -0.4 is 5.32 Å². The zero-order chi connectivity index (χ0) is 19.7. The maximum Gasteiger partial charge on any atom is 0.265 e. The number of nitrogens with one attached hydrogen (secondary N) is 1. The molecule has 0 spiro atoms. The number of hydrogen-bond acceptors (Lipinski definition) is 5. The van der Waals surface area contributed by atoms with E-state index in [-0.39, 0.29) is 18.4 Å². The lowest BCUT2D eigenvalue weighted by atomic mass is 10.0. The van der Waals surface area contributed by atoms with Crippen LogP contribution in [-0.2, 0) is 16.1 Å². The maximum atomic E-state index is 12.8. The Bertz CT molecular complexity index is 851. The number of ether oxygens (including phenoxy) is 1. The molecule has 2 aliphatic heterocycles. The van der Waals surface area contributed by atoms with E-state index in [1.165, 1.54) is 5.57 Å². The van der Waals surface area contributed by atoms with Crippen molar-refractivity contribution in [1.29, 1.82) is 0 Å². The minimum absolute atomic E-state index is 0.0230. The molecule has 1 N–H and O–H groups in total. The number of nitrogens with zero attached hydrogens (tertiary/aromatic N) is 3. The van der Waals surface area contributed by atoms with E-state index in [0.29, 0.717) is 18.2 Å². The highest BCUT2D eigenvalue weighted by Gasteiger charge is 2.47. The molecule has 7 heteroatoms. The van der Waals surface area contributed by atoms with Crippen LogP contribution in [0.5, 0.6) is 0 Å². The van der Waals surface area contributed by atoms with Gasteiger partial charge in [-0.25, -0.2) is 9.91 Å². The predicted octanol–water partition coefficient (Wildman–Crippen LogP) is 2.85. The standard InChI is InChI=1S/C21H25ClN4O2/c1-24-20(15-8-4-3-5-9-15)25(2)26-19(27)12-17(23-21(24)26)14-28-13-16-10-6-7-11-18(16)22/h4,6-12,20-21,23H,3,5,13-14H2,1-2H3. The van der Waals surface area contributed by atoms with Crippen LogP contribution in [0.15, 0.2) is 59.8 Å². The summed E-state index contributed by atoms with van der Waals surface area (Å²) >= 11 is 6.17. The van der Waals surface area contributed by atoms with Crippen LogP contribution in [0, 0.1) is 0 Å². The molecule has 1 aromatic carbocycles. The van der Waals surface area contributed by atoms with Crippen LogP contribution in [0.3, 0.4) is 0 Å². The summed E-state index contributed by atoms with van der Waals surface area (Å²) in [7, 11) is 3.99. The average molecular weight is 401 g/mol. The fourth-order valence-corrected chi connectivity index (χ4v) is 4.16. The number of halogens is 1. The van der Waals surface area contributed by atoms with Crippen LogP contribution in [-0.4, -0.2) is 54.0 Å². The van der Waals surface area contributed by atoms with E-state index in [0.717, 1.165) is 24.1 Å². The second-order valence-electron chi connectivity index (χ2n) is 7.25. The van der Waals surface area contributed by atoms with Crippen molar-refractivity contribution in [3.8, 4) is 0 Å². The van der Waals surface area contributed by atoms with Crippen molar-refractivity contribution in [1.82, 2.24) is 20.2 Å². The van der Waals surface area contributed by atoms with Crippen molar-refractivity contribution in [3.05, 3.63) is 70.4 Å². The predicted molar refractivity (Wildman–Crippen MR) is 109 cm³/mol. The second kappa shape index (κ2) is 8.09. The Balaban J connectivity index is 1.43. The first-order chi connectivity index (χ1) is 13.6. The van der Waals surface area contributed by atoms with E-state index < -0.39 is 0 Å². The Morgan fingerprint density at radius 1 is 1.21 bits per heavy atom. The molecule has 148 valence electrons. The summed E-state index contributed by atoms with van der Waals surface area (Å²) < 4.78 is 5.80. The van der Waals surface area contributed by atoms with Gasteiger partial charge in [-0.05, 0) is 37.1 Å². The van der Waals surface area contributed by atoms with Gasteiger partial charge in [0.1, 0.15) is 6.17 Å². The molecule has 6 nitrogen and oxygen atoms in total. The topological polar surface area (TPSA) is 48.0 Å². The molecule has 28 heavy (non-hydrogen) atoms. The van der Waals surface area contributed by atoms with E-state index in [1.807, 2.05) is 43.4 Å². The molecule has 3 aliphatic rings. The van der Waals surface area contributed by atoms with Gasteiger partial charge in [0.25, 0.3) is 5.91 Å². The molecule has 2 heterocycles. The summed E-state index contributed by atoms with van der Waals surface area (Å²) in [6.45, 7) is 0.726. The molecular weight excluding hydrogens is 376 g/mol. The molecular formula is C21H25ClN4O2. The molecule has 0 bridgehead atoms. The Morgan fingerprint density at radius 2 is 2.04 bits per heavy atom. The van der Waals surface area contributed by atoms with E-state index >= 15 is 0 Å². The third kappa shape index (κ3) is 3.61. The highest BCUT2D eigenvalue weighted by atomic mass is 35.5. The summed E-state index contributed by atoms with van der Waals surface area (Å²) in [6, 6.07) is 7.61. The van der Waals surface area contributed by atoms with Gasteiger partial charge in [0.05, 0.1) is 13.2 Å². The number of hydrazine groups is 1. The number of allylic oxidation sites excluding steroid dienone is 2. The number of hydrogen-bond donors (Lipinski definition) is 1. The Morgan fingerprint density at radius 3 is 2.79 bits per heavy atom. The monoisotopic (exact) mass is 400 g/mol. The first kappa shape index (κ1) is 19.2. The number of likely N-dealkylation sites (N-methyl/N-ethyl adjacent to an activating group) is 2. The van der Waals surface area contributed by atoms with Crippen LogP contribution in [0.25, 0.3) is 0 Å². The van der Waals surface area contributed by atoms with Gasteiger partial charge in [-0.2, -0.15) is 5.01 Å². The van der Waals surface area contributed by atoms with Gasteiger partial charge in [0.2, 0.25) is 0 Å². The lowest BCUT2D eigenvalue weighted by molar-refractivity contribution is -0.144. The summed E-state index contributed by atoms with van der Waals surface area (Å²) in [5.74, 6) is -0.0441. The zero-order valence-electron chi connectivity index (χ0n) is 16.1. The van der Waals surface area contributed by atoms with Crippen LogP contribution in [0.2, 0.25) is 5.02 Å². The summed E-state index contributed by atoms with van der Waals surface area (Å²) in [6.07, 6.45) is 10.1. The molecule has 1 aliphatic carbocycles. The van der Waals surface area contributed by atoms with Crippen molar-refractivity contribution in [2.45, 2.75) is 31.9 Å². The fraction of sp³-hybridized carbons (Fsp3) is 0.381. The smallest absolute Gasteiger partial charge is 0.265 e. The van der Waals surface area contributed by atoms with Gasteiger partial charge in [0.15, 0.2) is 6.29 Å². The van der Waals surface area contributed by atoms with Crippen LogP contribution in [0.1, 0.15) is 18.4 Å². The van der Waals surface area contributed by atoms with Crippen molar-refractivity contribution in [2.24, 2.45) is 0 Å². The summed E-state index contributed by atoms with van der Waals surface area (Å²) in [5, 5.41) is 7.88. The Labute approximate surface area is 170 Å². The number of carbonyl (C=O) groups excluding carboxylic acids is 1. The first-order valence-corrected chi connectivity index (χ1v) is 9.87. The number of benzene rings is 1. The van der Waals surface area contributed by atoms with E-state index in [2.05, 4.69) is 28.4 Å². The lowest BCUT2D eigenvalue weighted by Gasteiger charge is -2.34. The van der Waals surface area contributed by atoms with Crippen molar-refractivity contribution >= 4 is 17.5 Å². The molecule has 1 saturated heterocycles. The zero-order valence-corrected chi connectivity index (χ0v) is 16.9. The van der Waals surface area contributed by atoms with Gasteiger partial charge in [-0.3, -0.25) is 4.79 Å². The van der Waals surface area contributed by atoms with Crippen molar-refractivity contribution < 1.29 is 9.53 Å². The van der Waals surface area contributed by atoms with E-state index in [9.17, 15) is 4.79 Å². The molecule has 1 aromatic rings. The first-order valence-electron chi connectivity index (χ1n) is 9.49. The van der Waals surface area contributed by atoms with Gasteiger partial charge < -0.3 is 10.1 Å². The molecule has 4 rings (SSSR count). The lowest BCUT2D eigenvalue weighted by Crippen LogP contribution is -2.55. The minimum Gasteiger partial charge on any atom is -0.371 e. The van der Waals surface area contributed by atoms with Gasteiger partial charge >= 0.3 is 0 Å². The number of carbonyl (C=O) groups is 1.